The summed E-state index contributed by atoms with van der Waals surface area (Å²) in [7, 11) is 0. The summed E-state index contributed by atoms with van der Waals surface area (Å²) in [6, 6.07) is 7.46. The van der Waals surface area contributed by atoms with Crippen LogP contribution >= 0.6 is 0 Å². The van der Waals surface area contributed by atoms with E-state index in [1.165, 1.54) is 0 Å². The minimum absolute atomic E-state index is 0.193. The first-order valence-corrected chi connectivity index (χ1v) is 6.29. The molecule has 0 bridgehead atoms. The molecule has 0 aliphatic heterocycles. The van der Waals surface area contributed by atoms with Crippen LogP contribution in [0.15, 0.2) is 24.3 Å². The third kappa shape index (κ3) is 2.53. The van der Waals surface area contributed by atoms with Crippen LogP contribution in [-0.4, -0.2) is 11.7 Å². The third-order valence-electron chi connectivity index (χ3n) is 3.63. The van der Waals surface area contributed by atoms with E-state index in [1.54, 1.807) is 0 Å². The van der Waals surface area contributed by atoms with Gasteiger partial charge in [-0.05, 0) is 31.7 Å². The molecule has 1 aliphatic carbocycles. The Morgan fingerprint density at radius 3 is 2.17 bits per heavy atom. The highest BCUT2D eigenvalue weighted by Crippen LogP contribution is 2.50. The molecule has 18 heavy (non-hydrogen) atoms. The Balaban J connectivity index is 2.13. The highest BCUT2D eigenvalue weighted by atomic mass is 19.4. The summed E-state index contributed by atoms with van der Waals surface area (Å²) in [6.07, 6.45) is -3.11. The third-order valence-corrected chi connectivity index (χ3v) is 3.63. The Kier molecular flexibility index (Phi) is 3.41. The summed E-state index contributed by atoms with van der Waals surface area (Å²) in [5.74, 6) is 0. The van der Waals surface area contributed by atoms with Gasteiger partial charge < -0.3 is 0 Å². The summed E-state index contributed by atoms with van der Waals surface area (Å²) < 4.78 is 38.7. The minimum Gasteiger partial charge on any atom is -0.297 e. The molecule has 1 aromatic carbocycles. The predicted molar refractivity (Wildman–Crippen MR) is 65.4 cm³/mol. The molecule has 0 aromatic heterocycles. The van der Waals surface area contributed by atoms with Crippen LogP contribution in [0.1, 0.15) is 43.4 Å². The van der Waals surface area contributed by atoms with Crippen molar-refractivity contribution < 1.29 is 13.2 Å². The average molecular weight is 257 g/mol. The van der Waals surface area contributed by atoms with E-state index >= 15 is 0 Å². The van der Waals surface area contributed by atoms with Gasteiger partial charge in [0.1, 0.15) is 5.54 Å². The van der Waals surface area contributed by atoms with Gasteiger partial charge in [0.15, 0.2) is 0 Å². The Hall–Kier alpha value is -1.03. The van der Waals surface area contributed by atoms with Crippen molar-refractivity contribution >= 4 is 0 Å². The number of hydrogen-bond acceptors (Lipinski definition) is 1. The number of hydrogen-bond donors (Lipinski definition) is 1. The number of halogens is 3. The molecule has 1 aliphatic rings. The Bertz CT molecular complexity index is 404. The molecule has 1 atom stereocenters. The van der Waals surface area contributed by atoms with Crippen LogP contribution in [0.2, 0.25) is 0 Å². The first-order chi connectivity index (χ1) is 8.38. The molecule has 1 N–H and O–H groups in total. The lowest BCUT2D eigenvalue weighted by molar-refractivity contribution is -0.168. The van der Waals surface area contributed by atoms with Gasteiger partial charge in [0, 0.05) is 6.04 Å². The fourth-order valence-electron chi connectivity index (χ4n) is 2.19. The van der Waals surface area contributed by atoms with Crippen molar-refractivity contribution in [2.45, 2.75) is 50.9 Å². The molecule has 0 saturated heterocycles. The van der Waals surface area contributed by atoms with Crippen molar-refractivity contribution in [3.63, 3.8) is 0 Å². The summed E-state index contributed by atoms with van der Waals surface area (Å²) in [5.41, 5.74) is 0.405. The summed E-state index contributed by atoms with van der Waals surface area (Å²) in [4.78, 5) is 0. The molecule has 1 fully saturated rings. The molecule has 1 nitrogen and oxygen atoms in total. The minimum atomic E-state index is -4.15. The van der Waals surface area contributed by atoms with E-state index in [2.05, 4.69) is 5.32 Å². The monoisotopic (exact) mass is 257 g/mol. The second-order valence-corrected chi connectivity index (χ2v) is 5.10. The number of nitrogens with one attached hydrogen (secondary N) is 1. The largest absolute Gasteiger partial charge is 0.406 e. The zero-order valence-corrected chi connectivity index (χ0v) is 10.6. The van der Waals surface area contributed by atoms with Gasteiger partial charge in [-0.15, -0.1) is 0 Å². The fourth-order valence-corrected chi connectivity index (χ4v) is 2.19. The van der Waals surface area contributed by atoms with Crippen LogP contribution in [0.25, 0.3) is 0 Å². The zero-order chi connectivity index (χ0) is 13.4. The Labute approximate surface area is 105 Å². The molecule has 2 rings (SSSR count). The van der Waals surface area contributed by atoms with Gasteiger partial charge >= 0.3 is 6.18 Å². The molecule has 100 valence electrons. The lowest BCUT2D eigenvalue weighted by Crippen LogP contribution is -2.46. The van der Waals surface area contributed by atoms with Crippen molar-refractivity contribution in [3.05, 3.63) is 35.4 Å². The van der Waals surface area contributed by atoms with Crippen LogP contribution in [0.5, 0.6) is 0 Å². The molecule has 1 unspecified atom stereocenters. The Morgan fingerprint density at radius 2 is 1.78 bits per heavy atom. The van der Waals surface area contributed by atoms with Gasteiger partial charge in [-0.3, -0.25) is 5.32 Å². The second-order valence-electron chi connectivity index (χ2n) is 5.10. The van der Waals surface area contributed by atoms with Crippen LogP contribution in [-0.2, 0) is 0 Å². The van der Waals surface area contributed by atoms with Crippen molar-refractivity contribution in [2.24, 2.45) is 0 Å². The molecule has 0 heterocycles. The smallest absolute Gasteiger partial charge is 0.297 e. The predicted octanol–water partition coefficient (Wildman–Crippen LogP) is 4.13. The normalized spacial score (nSPS) is 19.6. The van der Waals surface area contributed by atoms with Crippen molar-refractivity contribution in [3.8, 4) is 0 Å². The summed E-state index contributed by atoms with van der Waals surface area (Å²) >= 11 is 0. The standard InChI is InChI=1S/C14H18F3N/c1-3-12(11-6-4-10(2)5-7-11)18-13(8-9-13)14(15,16)17/h4-7,12,18H,3,8-9H2,1-2H3. The molecular formula is C14H18F3N. The van der Waals surface area contributed by atoms with E-state index in [4.69, 9.17) is 0 Å². The van der Waals surface area contributed by atoms with Gasteiger partial charge in [-0.25, -0.2) is 0 Å². The molecule has 0 spiro atoms. The lowest BCUT2D eigenvalue weighted by Gasteiger charge is -2.27. The topological polar surface area (TPSA) is 12.0 Å². The number of rotatable bonds is 4. The van der Waals surface area contributed by atoms with E-state index in [9.17, 15) is 13.2 Å². The number of aryl methyl sites for hydroxylation is 1. The van der Waals surface area contributed by atoms with E-state index in [-0.39, 0.29) is 18.9 Å². The molecule has 1 aromatic rings. The van der Waals surface area contributed by atoms with Crippen molar-refractivity contribution in [1.82, 2.24) is 5.32 Å². The van der Waals surface area contributed by atoms with E-state index < -0.39 is 11.7 Å². The molecule has 4 heteroatoms. The second kappa shape index (κ2) is 4.57. The Morgan fingerprint density at radius 1 is 1.22 bits per heavy atom. The molecular weight excluding hydrogens is 239 g/mol. The van der Waals surface area contributed by atoms with Crippen molar-refractivity contribution in [1.29, 1.82) is 0 Å². The van der Waals surface area contributed by atoms with Gasteiger partial charge in [-0.2, -0.15) is 13.2 Å². The quantitative estimate of drug-likeness (QED) is 0.855. The van der Waals surface area contributed by atoms with E-state index in [0.717, 1.165) is 11.1 Å². The SMILES string of the molecule is CCC(NC1(C(F)(F)F)CC1)c1ccc(C)cc1. The fraction of sp³-hybridized carbons (Fsp3) is 0.571. The van der Waals surface area contributed by atoms with Gasteiger partial charge in [0.05, 0.1) is 0 Å². The molecule has 0 amide bonds. The van der Waals surface area contributed by atoms with Crippen LogP contribution in [0, 0.1) is 6.92 Å². The maximum absolute atomic E-state index is 12.9. The van der Waals surface area contributed by atoms with E-state index in [0.29, 0.717) is 6.42 Å². The highest BCUT2D eigenvalue weighted by molar-refractivity contribution is 5.25. The highest BCUT2D eigenvalue weighted by Gasteiger charge is 2.63. The summed E-state index contributed by atoms with van der Waals surface area (Å²) in [5, 5.41) is 2.80. The lowest BCUT2D eigenvalue weighted by atomic mass is 10.0. The van der Waals surface area contributed by atoms with Gasteiger partial charge in [0.2, 0.25) is 0 Å². The van der Waals surface area contributed by atoms with Crippen LogP contribution < -0.4 is 5.32 Å². The zero-order valence-electron chi connectivity index (χ0n) is 10.6. The van der Waals surface area contributed by atoms with Gasteiger partial charge in [0.25, 0.3) is 0 Å². The van der Waals surface area contributed by atoms with E-state index in [1.807, 2.05) is 38.1 Å². The molecule has 1 saturated carbocycles. The summed E-state index contributed by atoms with van der Waals surface area (Å²) in [6.45, 7) is 3.88. The maximum Gasteiger partial charge on any atom is 0.406 e. The van der Waals surface area contributed by atoms with Crippen LogP contribution in [0.4, 0.5) is 13.2 Å². The van der Waals surface area contributed by atoms with Crippen LogP contribution in [0.3, 0.4) is 0 Å². The average Bonchev–Trinajstić information content (AvgIpc) is 3.07. The van der Waals surface area contributed by atoms with Crippen molar-refractivity contribution in [2.75, 3.05) is 0 Å². The number of benzene rings is 1. The first kappa shape index (κ1) is 13.4. The van der Waals surface area contributed by atoms with Gasteiger partial charge in [-0.1, -0.05) is 36.8 Å². The molecule has 0 radical (unpaired) electrons. The maximum atomic E-state index is 12.9. The first-order valence-electron chi connectivity index (χ1n) is 6.29. The number of alkyl halides is 3.